The van der Waals surface area contributed by atoms with Gasteiger partial charge in [0.2, 0.25) is 0 Å². The van der Waals surface area contributed by atoms with E-state index in [4.69, 9.17) is 16.0 Å². The van der Waals surface area contributed by atoms with E-state index in [1.54, 1.807) is 0 Å². The summed E-state index contributed by atoms with van der Waals surface area (Å²) in [6.45, 7) is 4.87. The highest BCUT2D eigenvalue weighted by Gasteiger charge is 2.60. The minimum absolute atomic E-state index is 0.187. The lowest BCUT2D eigenvalue weighted by Crippen LogP contribution is -2.52. The molecule has 4 fully saturated rings. The molecule has 0 bridgehead atoms. The van der Waals surface area contributed by atoms with Gasteiger partial charge >= 0.3 is 0 Å². The van der Waals surface area contributed by atoms with Crippen LogP contribution >= 0.6 is 11.6 Å². The fraction of sp³-hybridized carbons (Fsp3) is 0.567. The minimum Gasteiger partial charge on any atom is -0.457 e. The quantitative estimate of drug-likeness (QED) is 0.418. The Kier molecular flexibility index (Phi) is 5.18. The molecule has 4 saturated carbocycles. The molecule has 0 radical (unpaired) electrons. The van der Waals surface area contributed by atoms with E-state index in [1.807, 2.05) is 42.5 Å². The van der Waals surface area contributed by atoms with Crippen molar-refractivity contribution >= 4 is 23.5 Å². The molecule has 0 N–H and O–H groups in total. The van der Waals surface area contributed by atoms with Crippen LogP contribution in [0.25, 0.3) is 17.4 Å². The summed E-state index contributed by atoms with van der Waals surface area (Å²) in [4.78, 5) is 13.7. The fourth-order valence-electron chi connectivity index (χ4n) is 8.49. The van der Waals surface area contributed by atoms with Gasteiger partial charge in [-0.2, -0.15) is 0 Å². The summed E-state index contributed by atoms with van der Waals surface area (Å²) in [6, 6.07) is 11.7. The number of fused-ring (bicyclic) bond motifs is 5. The monoisotopic (exact) mass is 462 g/mol. The Labute approximate surface area is 202 Å². The van der Waals surface area contributed by atoms with E-state index in [2.05, 4.69) is 13.8 Å². The van der Waals surface area contributed by atoms with Crippen molar-refractivity contribution in [3.63, 3.8) is 0 Å². The number of furan rings is 1. The number of hydrogen-bond acceptors (Lipinski definition) is 2. The largest absolute Gasteiger partial charge is 0.457 e. The summed E-state index contributed by atoms with van der Waals surface area (Å²) in [7, 11) is 0. The first-order chi connectivity index (χ1) is 15.9. The fourth-order valence-corrected chi connectivity index (χ4v) is 8.68. The van der Waals surface area contributed by atoms with Gasteiger partial charge in [0.05, 0.1) is 0 Å². The highest BCUT2D eigenvalue weighted by atomic mass is 35.5. The predicted molar refractivity (Wildman–Crippen MR) is 134 cm³/mol. The van der Waals surface area contributed by atoms with Gasteiger partial charge in [-0.1, -0.05) is 50.4 Å². The molecule has 1 aromatic carbocycles. The molecule has 3 heteroatoms. The van der Waals surface area contributed by atoms with Crippen LogP contribution in [0.15, 0.2) is 46.4 Å². The zero-order chi connectivity index (χ0) is 22.8. The van der Waals surface area contributed by atoms with Crippen LogP contribution < -0.4 is 0 Å². The molecule has 1 aromatic heterocycles. The van der Waals surface area contributed by atoms with Crippen molar-refractivity contribution < 1.29 is 9.21 Å². The highest BCUT2D eigenvalue weighted by molar-refractivity contribution is 6.30. The molecule has 33 heavy (non-hydrogen) atoms. The Morgan fingerprint density at radius 1 is 1.00 bits per heavy atom. The van der Waals surface area contributed by atoms with Gasteiger partial charge in [-0.25, -0.2) is 0 Å². The number of halogens is 1. The van der Waals surface area contributed by atoms with E-state index < -0.39 is 0 Å². The first kappa shape index (κ1) is 21.7. The molecule has 4 aliphatic carbocycles. The molecule has 1 heterocycles. The third-order valence-corrected chi connectivity index (χ3v) is 10.5. The average Bonchev–Trinajstić information content (AvgIpc) is 3.37. The van der Waals surface area contributed by atoms with Gasteiger partial charge in [-0.3, -0.25) is 4.79 Å². The van der Waals surface area contributed by atoms with E-state index in [1.165, 1.54) is 44.9 Å². The van der Waals surface area contributed by atoms with Crippen molar-refractivity contribution in [3.05, 3.63) is 52.8 Å². The smallest absolute Gasteiger partial charge is 0.165 e. The summed E-state index contributed by atoms with van der Waals surface area (Å²) in [5, 5.41) is 0.697. The normalized spacial score (nSPS) is 39.2. The summed E-state index contributed by atoms with van der Waals surface area (Å²) in [6.07, 6.45) is 13.6. The Bertz CT molecular complexity index is 1110. The highest BCUT2D eigenvalue weighted by Crippen LogP contribution is 2.66. The first-order valence-corrected chi connectivity index (χ1v) is 13.4. The zero-order valence-electron chi connectivity index (χ0n) is 19.9. The maximum atomic E-state index is 13.7. The Balaban J connectivity index is 1.28. The minimum atomic E-state index is -0.187. The van der Waals surface area contributed by atoms with Crippen LogP contribution in [0, 0.1) is 34.5 Å². The van der Waals surface area contributed by atoms with Crippen molar-refractivity contribution in [1.82, 2.24) is 0 Å². The summed E-state index contributed by atoms with van der Waals surface area (Å²) in [5.74, 6) is 4.87. The maximum Gasteiger partial charge on any atom is 0.165 e. The van der Waals surface area contributed by atoms with E-state index in [0.29, 0.717) is 28.1 Å². The van der Waals surface area contributed by atoms with Crippen LogP contribution in [0.2, 0.25) is 5.02 Å². The third-order valence-electron chi connectivity index (χ3n) is 10.3. The number of carbonyl (C=O) groups excluding carboxylic acids is 1. The van der Waals surface area contributed by atoms with Gasteiger partial charge in [0.15, 0.2) is 5.78 Å². The summed E-state index contributed by atoms with van der Waals surface area (Å²) in [5.41, 5.74) is 2.26. The van der Waals surface area contributed by atoms with Gasteiger partial charge in [0.25, 0.3) is 0 Å². The number of Topliss-reactive ketones (excluding diaryl/α,β-unsaturated/α-hetero) is 1. The van der Waals surface area contributed by atoms with Gasteiger partial charge in [0.1, 0.15) is 11.5 Å². The third kappa shape index (κ3) is 3.39. The Morgan fingerprint density at radius 3 is 2.73 bits per heavy atom. The van der Waals surface area contributed by atoms with Gasteiger partial charge in [-0.05, 0) is 110 Å². The molecule has 0 unspecified atom stereocenters. The van der Waals surface area contributed by atoms with Crippen LogP contribution in [0.4, 0.5) is 0 Å². The van der Waals surface area contributed by atoms with Crippen LogP contribution in [-0.4, -0.2) is 5.78 Å². The molecular formula is C30H35ClO2. The number of benzene rings is 1. The van der Waals surface area contributed by atoms with Crippen LogP contribution in [-0.2, 0) is 4.79 Å². The SMILES string of the molecule is C[C@]12CCCC[C@@H]1CC[C@H]1[C@H]2CC[C@@]2(C)C(=O)/C(=C\c3ccc(-c4cccc(Cl)c4)o3)C[C@H]12. The van der Waals surface area contributed by atoms with Gasteiger partial charge in [0, 0.05) is 16.0 Å². The maximum absolute atomic E-state index is 13.7. The molecule has 6 atom stereocenters. The zero-order valence-corrected chi connectivity index (χ0v) is 20.7. The molecular weight excluding hydrogens is 428 g/mol. The topological polar surface area (TPSA) is 30.2 Å². The van der Waals surface area contributed by atoms with E-state index in [9.17, 15) is 4.79 Å². The molecule has 0 aliphatic heterocycles. The Hall–Kier alpha value is -1.80. The Morgan fingerprint density at radius 2 is 1.88 bits per heavy atom. The molecule has 2 nitrogen and oxygen atoms in total. The molecule has 2 aromatic rings. The number of ketones is 1. The van der Waals surface area contributed by atoms with Crippen molar-refractivity contribution in [2.45, 2.75) is 71.6 Å². The van der Waals surface area contributed by atoms with Gasteiger partial charge < -0.3 is 4.42 Å². The second-order valence-corrected chi connectivity index (χ2v) is 12.2. The number of carbonyl (C=O) groups is 1. The molecule has 0 spiro atoms. The van der Waals surface area contributed by atoms with E-state index in [-0.39, 0.29) is 5.41 Å². The van der Waals surface area contributed by atoms with Crippen molar-refractivity contribution in [1.29, 1.82) is 0 Å². The molecule has 0 amide bonds. The number of hydrogen-bond donors (Lipinski definition) is 0. The average molecular weight is 463 g/mol. The first-order valence-electron chi connectivity index (χ1n) is 13.0. The van der Waals surface area contributed by atoms with Gasteiger partial charge in [-0.15, -0.1) is 0 Å². The summed E-state index contributed by atoms with van der Waals surface area (Å²) < 4.78 is 6.13. The number of rotatable bonds is 2. The lowest BCUT2D eigenvalue weighted by atomic mass is 9.45. The second-order valence-electron chi connectivity index (χ2n) is 11.8. The molecule has 6 rings (SSSR count). The molecule has 0 saturated heterocycles. The standard InChI is InChI=1S/C30H35ClO2/c1-29-14-4-3-7-21(29)9-11-24-25(29)13-15-30(2)26(24)18-20(28(30)32)17-23-10-12-27(33-23)19-6-5-8-22(31)16-19/h5-6,8,10,12,16-17,21,24-26H,3-4,7,9,11,13-15,18H2,1-2H3/b20-17-/t21-,24+,25-,26-,29+,30-/m1/s1. The van der Waals surface area contributed by atoms with E-state index in [0.717, 1.165) is 47.3 Å². The molecule has 174 valence electrons. The van der Waals surface area contributed by atoms with E-state index >= 15 is 0 Å². The van der Waals surface area contributed by atoms with Crippen LogP contribution in [0.3, 0.4) is 0 Å². The van der Waals surface area contributed by atoms with Crippen molar-refractivity contribution in [3.8, 4) is 11.3 Å². The van der Waals surface area contributed by atoms with Crippen molar-refractivity contribution in [2.24, 2.45) is 34.5 Å². The number of allylic oxidation sites excluding steroid dienone is 1. The predicted octanol–water partition coefficient (Wildman–Crippen LogP) is 8.60. The second kappa shape index (κ2) is 7.87. The summed E-state index contributed by atoms with van der Waals surface area (Å²) >= 11 is 6.15. The van der Waals surface area contributed by atoms with Crippen molar-refractivity contribution in [2.75, 3.05) is 0 Å². The van der Waals surface area contributed by atoms with Crippen LogP contribution in [0.1, 0.15) is 77.4 Å². The molecule has 4 aliphatic rings. The lowest BCUT2D eigenvalue weighted by molar-refractivity contribution is -0.137. The van der Waals surface area contributed by atoms with Crippen LogP contribution in [0.5, 0.6) is 0 Å². The lowest BCUT2D eigenvalue weighted by Gasteiger charge is -2.59.